The second kappa shape index (κ2) is 13.3. The van der Waals surface area contributed by atoms with E-state index in [0.29, 0.717) is 0 Å². The largest absolute Gasteiger partial charge is 0.457 e. The third kappa shape index (κ3) is 7.50. The average molecular weight is 617 g/mol. The van der Waals surface area contributed by atoms with Gasteiger partial charge in [-0.2, -0.15) is 0 Å². The fourth-order valence-electron chi connectivity index (χ4n) is 6.00. The predicted molar refractivity (Wildman–Crippen MR) is 195 cm³/mol. The first-order chi connectivity index (χ1) is 22.6. The summed E-state index contributed by atoms with van der Waals surface area (Å²) in [7, 11) is 0. The summed E-state index contributed by atoms with van der Waals surface area (Å²) in [5.74, 6) is 3.19. The Morgan fingerprint density at radius 3 is 1.13 bits per heavy atom. The van der Waals surface area contributed by atoms with E-state index in [1.807, 2.05) is 60.7 Å². The fourth-order valence-corrected chi connectivity index (χ4v) is 6.00. The zero-order chi connectivity index (χ0) is 33.0. The van der Waals surface area contributed by atoms with Gasteiger partial charge in [0.2, 0.25) is 0 Å². The maximum atomic E-state index is 6.10. The molecule has 0 N–H and O–H groups in total. The standard InChI is InChI=1S/C45H44O2/c1-32-10-18-36(19-11-32)44(3,4)38-8-7-9-39(31-38)45(5,6)37-20-14-34(15-21-37)30-35-16-24-41(25-17-35)47-43-28-26-42(27-29-43)46-40-22-12-33(2)13-23-40/h7-29,31H,30H2,1-6H3. The number of benzene rings is 6. The molecule has 6 aromatic rings. The van der Waals surface area contributed by atoms with Crippen LogP contribution in [0.4, 0.5) is 0 Å². The highest BCUT2D eigenvalue weighted by molar-refractivity contribution is 5.46. The van der Waals surface area contributed by atoms with Crippen LogP contribution in [-0.2, 0) is 17.3 Å². The van der Waals surface area contributed by atoms with Crippen molar-refractivity contribution in [1.29, 1.82) is 0 Å². The van der Waals surface area contributed by atoms with Gasteiger partial charge in [-0.3, -0.25) is 0 Å². The monoisotopic (exact) mass is 616 g/mol. The smallest absolute Gasteiger partial charge is 0.127 e. The average Bonchev–Trinajstić information content (AvgIpc) is 3.08. The summed E-state index contributed by atoms with van der Waals surface area (Å²) in [6.45, 7) is 13.5. The van der Waals surface area contributed by atoms with Crippen LogP contribution in [0.2, 0.25) is 0 Å². The predicted octanol–water partition coefficient (Wildman–Crippen LogP) is 12.1. The van der Waals surface area contributed by atoms with Crippen molar-refractivity contribution in [3.05, 3.63) is 190 Å². The van der Waals surface area contributed by atoms with Gasteiger partial charge in [0.25, 0.3) is 0 Å². The lowest BCUT2D eigenvalue weighted by molar-refractivity contribution is 0.469. The van der Waals surface area contributed by atoms with Crippen LogP contribution in [0, 0.1) is 13.8 Å². The van der Waals surface area contributed by atoms with Crippen LogP contribution in [0.15, 0.2) is 146 Å². The Bertz CT molecular complexity index is 1910. The van der Waals surface area contributed by atoms with Crippen LogP contribution in [0.1, 0.15) is 72.2 Å². The summed E-state index contributed by atoms with van der Waals surface area (Å²) in [4.78, 5) is 0. The van der Waals surface area contributed by atoms with Gasteiger partial charge in [-0.05, 0) is 102 Å². The van der Waals surface area contributed by atoms with Crippen molar-refractivity contribution in [3.8, 4) is 23.0 Å². The van der Waals surface area contributed by atoms with Crippen LogP contribution < -0.4 is 9.47 Å². The highest BCUT2D eigenvalue weighted by Crippen LogP contribution is 2.37. The Morgan fingerprint density at radius 2 is 0.702 bits per heavy atom. The highest BCUT2D eigenvalue weighted by Gasteiger charge is 2.27. The summed E-state index contributed by atoms with van der Waals surface area (Å²) in [6, 6.07) is 51.3. The second-order valence-electron chi connectivity index (χ2n) is 13.7. The number of hydrogen-bond acceptors (Lipinski definition) is 2. The highest BCUT2D eigenvalue weighted by atomic mass is 16.5. The molecule has 0 atom stereocenters. The van der Waals surface area contributed by atoms with E-state index in [9.17, 15) is 0 Å². The molecule has 0 aliphatic carbocycles. The van der Waals surface area contributed by atoms with Crippen molar-refractivity contribution in [2.75, 3.05) is 0 Å². The molecule has 0 aliphatic rings. The zero-order valence-corrected chi connectivity index (χ0v) is 28.4. The molecular weight excluding hydrogens is 572 g/mol. The van der Waals surface area contributed by atoms with Crippen LogP contribution in [0.25, 0.3) is 0 Å². The molecule has 47 heavy (non-hydrogen) atoms. The molecule has 0 heterocycles. The summed E-state index contributed by atoms with van der Waals surface area (Å²) in [5.41, 5.74) is 10.1. The molecule has 0 bridgehead atoms. The van der Waals surface area contributed by atoms with Crippen molar-refractivity contribution >= 4 is 0 Å². The van der Waals surface area contributed by atoms with E-state index in [1.54, 1.807) is 0 Å². The van der Waals surface area contributed by atoms with E-state index < -0.39 is 0 Å². The maximum Gasteiger partial charge on any atom is 0.127 e. The van der Waals surface area contributed by atoms with E-state index in [0.717, 1.165) is 29.4 Å². The minimum atomic E-state index is -0.123. The molecule has 0 saturated heterocycles. The van der Waals surface area contributed by atoms with Crippen molar-refractivity contribution in [3.63, 3.8) is 0 Å². The lowest BCUT2D eigenvalue weighted by atomic mass is 9.73. The van der Waals surface area contributed by atoms with Gasteiger partial charge in [0.05, 0.1) is 0 Å². The van der Waals surface area contributed by atoms with Gasteiger partial charge in [-0.1, -0.05) is 136 Å². The molecule has 0 amide bonds. The second-order valence-corrected chi connectivity index (χ2v) is 13.7. The third-order valence-corrected chi connectivity index (χ3v) is 9.40. The van der Waals surface area contributed by atoms with Crippen LogP contribution >= 0.6 is 0 Å². The SMILES string of the molecule is Cc1ccc(Oc2ccc(Oc3ccc(Cc4ccc(C(C)(C)c5cccc(C(C)(C)c6ccc(C)cc6)c5)cc4)cc3)cc2)cc1. The lowest BCUT2D eigenvalue weighted by Crippen LogP contribution is -2.23. The third-order valence-electron chi connectivity index (χ3n) is 9.40. The van der Waals surface area contributed by atoms with Gasteiger partial charge in [0.1, 0.15) is 23.0 Å². The lowest BCUT2D eigenvalue weighted by Gasteiger charge is -2.31. The van der Waals surface area contributed by atoms with Gasteiger partial charge >= 0.3 is 0 Å². The molecule has 0 spiro atoms. The molecule has 6 rings (SSSR count). The van der Waals surface area contributed by atoms with Gasteiger partial charge < -0.3 is 9.47 Å². The molecule has 2 heteroatoms. The van der Waals surface area contributed by atoms with Crippen LogP contribution in [-0.4, -0.2) is 0 Å². The quantitative estimate of drug-likeness (QED) is 0.152. The van der Waals surface area contributed by atoms with Crippen molar-refractivity contribution in [2.24, 2.45) is 0 Å². The van der Waals surface area contributed by atoms with Crippen molar-refractivity contribution in [2.45, 2.75) is 58.8 Å². The Hall–Kier alpha value is -5.08. The van der Waals surface area contributed by atoms with Gasteiger partial charge in [-0.25, -0.2) is 0 Å². The molecule has 0 radical (unpaired) electrons. The number of ether oxygens (including phenoxy) is 2. The van der Waals surface area contributed by atoms with E-state index in [4.69, 9.17) is 9.47 Å². The molecule has 0 aromatic heterocycles. The minimum absolute atomic E-state index is 0.0777. The number of aryl methyl sites for hydroxylation is 2. The van der Waals surface area contributed by atoms with Gasteiger partial charge in [0.15, 0.2) is 0 Å². The molecular formula is C45H44O2. The fraction of sp³-hybridized carbons (Fsp3) is 0.200. The van der Waals surface area contributed by atoms with E-state index in [2.05, 4.69) is 126 Å². The van der Waals surface area contributed by atoms with Gasteiger partial charge in [0, 0.05) is 10.8 Å². The Kier molecular flexibility index (Phi) is 9.05. The van der Waals surface area contributed by atoms with E-state index >= 15 is 0 Å². The maximum absolute atomic E-state index is 6.10. The van der Waals surface area contributed by atoms with E-state index in [1.165, 1.54) is 44.5 Å². The van der Waals surface area contributed by atoms with Crippen LogP contribution in [0.3, 0.4) is 0 Å². The van der Waals surface area contributed by atoms with Crippen molar-refractivity contribution < 1.29 is 9.47 Å². The summed E-state index contributed by atoms with van der Waals surface area (Å²) >= 11 is 0. The Balaban J connectivity index is 1.08. The first-order valence-electron chi connectivity index (χ1n) is 16.5. The van der Waals surface area contributed by atoms with Crippen LogP contribution in [0.5, 0.6) is 23.0 Å². The Morgan fingerprint density at radius 1 is 0.383 bits per heavy atom. The molecule has 0 aliphatic heterocycles. The molecule has 0 fully saturated rings. The molecule has 0 unspecified atom stereocenters. The summed E-state index contributed by atoms with van der Waals surface area (Å²) in [5, 5.41) is 0. The summed E-state index contributed by atoms with van der Waals surface area (Å²) in [6.07, 6.45) is 0.867. The molecule has 0 saturated carbocycles. The van der Waals surface area contributed by atoms with Gasteiger partial charge in [-0.15, -0.1) is 0 Å². The molecule has 236 valence electrons. The summed E-state index contributed by atoms with van der Waals surface area (Å²) < 4.78 is 12.0. The zero-order valence-electron chi connectivity index (χ0n) is 28.4. The topological polar surface area (TPSA) is 18.5 Å². The number of hydrogen-bond donors (Lipinski definition) is 0. The minimum Gasteiger partial charge on any atom is -0.457 e. The van der Waals surface area contributed by atoms with E-state index in [-0.39, 0.29) is 10.8 Å². The van der Waals surface area contributed by atoms with Crippen molar-refractivity contribution in [1.82, 2.24) is 0 Å². The number of rotatable bonds is 10. The Labute approximate surface area is 280 Å². The molecule has 2 nitrogen and oxygen atoms in total. The first kappa shape index (κ1) is 31.9. The normalized spacial score (nSPS) is 11.7. The molecule has 6 aromatic carbocycles. The first-order valence-corrected chi connectivity index (χ1v) is 16.5.